The molecule has 0 N–H and O–H groups in total. The van der Waals surface area contributed by atoms with Crippen LogP contribution in [0.3, 0.4) is 0 Å². The van der Waals surface area contributed by atoms with Gasteiger partial charge < -0.3 is 0 Å². The molecule has 19 heavy (non-hydrogen) atoms. The second kappa shape index (κ2) is 5.35. The molecule has 2 rings (SSSR count). The summed E-state index contributed by atoms with van der Waals surface area (Å²) < 4.78 is 25.3. The third-order valence-corrected chi connectivity index (χ3v) is 4.41. The van der Waals surface area contributed by atoms with Gasteiger partial charge in [0.15, 0.2) is 9.84 Å². The van der Waals surface area contributed by atoms with E-state index in [2.05, 4.69) is 10.1 Å². The van der Waals surface area contributed by atoms with Gasteiger partial charge in [-0.1, -0.05) is 6.92 Å². The molecule has 0 fully saturated rings. The second-order valence-electron chi connectivity index (χ2n) is 3.95. The van der Waals surface area contributed by atoms with Crippen molar-refractivity contribution < 1.29 is 8.42 Å². The Bertz CT molecular complexity index is 703. The van der Waals surface area contributed by atoms with Crippen LogP contribution in [0.1, 0.15) is 6.92 Å². The third kappa shape index (κ3) is 3.08. The predicted molar refractivity (Wildman–Crippen MR) is 69.9 cm³/mol. The Morgan fingerprint density at radius 1 is 1.26 bits per heavy atom. The van der Waals surface area contributed by atoms with E-state index in [1.165, 1.54) is 10.9 Å². The molecule has 0 saturated heterocycles. The molecule has 0 aliphatic rings. The fourth-order valence-electron chi connectivity index (χ4n) is 1.54. The van der Waals surface area contributed by atoms with Crippen LogP contribution in [0.2, 0.25) is 0 Å². The quantitative estimate of drug-likeness (QED) is 0.762. The van der Waals surface area contributed by atoms with Gasteiger partial charge in [-0.2, -0.15) is 5.10 Å². The topological polar surface area (TPSA) is 86.8 Å². The number of aryl methyl sites for hydroxylation is 1. The van der Waals surface area contributed by atoms with E-state index in [4.69, 9.17) is 0 Å². The van der Waals surface area contributed by atoms with Crippen molar-refractivity contribution in [1.82, 2.24) is 19.3 Å². The van der Waals surface area contributed by atoms with Crippen molar-refractivity contribution in [1.29, 1.82) is 0 Å². The molecule has 2 aromatic heterocycles. The zero-order valence-corrected chi connectivity index (χ0v) is 11.2. The molecule has 0 spiro atoms. The summed E-state index contributed by atoms with van der Waals surface area (Å²) in [4.78, 5) is 15.9. The van der Waals surface area contributed by atoms with Gasteiger partial charge in [-0.05, 0) is 12.1 Å². The molecule has 102 valence electrons. The molecule has 2 aromatic rings. The largest absolute Gasteiger partial charge is 0.350 e. The van der Waals surface area contributed by atoms with Crippen molar-refractivity contribution in [3.05, 3.63) is 41.3 Å². The van der Waals surface area contributed by atoms with Crippen LogP contribution in [0.25, 0.3) is 5.69 Å². The number of nitrogens with zero attached hydrogens (tertiary/aromatic N) is 4. The van der Waals surface area contributed by atoms with Crippen molar-refractivity contribution in [2.45, 2.75) is 13.5 Å². The van der Waals surface area contributed by atoms with Gasteiger partial charge in [0.05, 0.1) is 18.0 Å². The Morgan fingerprint density at radius 3 is 2.58 bits per heavy atom. The number of pyridine rings is 1. The summed E-state index contributed by atoms with van der Waals surface area (Å²) in [5, 5.41) is 3.91. The lowest BCUT2D eigenvalue weighted by molar-refractivity contribution is 0.575. The summed E-state index contributed by atoms with van der Waals surface area (Å²) in [5.41, 5.74) is 0.280. The fourth-order valence-corrected chi connectivity index (χ4v) is 2.28. The van der Waals surface area contributed by atoms with Gasteiger partial charge in [0.1, 0.15) is 6.33 Å². The minimum absolute atomic E-state index is 0.0623. The number of sulfone groups is 1. The molecule has 0 amide bonds. The van der Waals surface area contributed by atoms with Gasteiger partial charge in [0, 0.05) is 18.1 Å². The highest BCUT2D eigenvalue weighted by Crippen LogP contribution is 2.00. The highest BCUT2D eigenvalue weighted by atomic mass is 32.2. The van der Waals surface area contributed by atoms with Gasteiger partial charge in [0.2, 0.25) is 0 Å². The van der Waals surface area contributed by atoms with Crippen LogP contribution in [-0.4, -0.2) is 39.3 Å². The standard InChI is InChI=1S/C11H14N4O3S/c1-2-19(17,18)8-7-15-11(16)14(9-13-15)10-3-5-12-6-4-10/h3-6,9H,2,7-8H2,1H3. The van der Waals surface area contributed by atoms with Gasteiger partial charge in [0.25, 0.3) is 0 Å². The molecular weight excluding hydrogens is 268 g/mol. The van der Waals surface area contributed by atoms with E-state index in [9.17, 15) is 13.2 Å². The van der Waals surface area contributed by atoms with Gasteiger partial charge in [-0.25, -0.2) is 22.5 Å². The summed E-state index contributed by atoms with van der Waals surface area (Å²) in [7, 11) is -3.11. The van der Waals surface area contributed by atoms with E-state index in [1.807, 2.05) is 0 Å². The van der Waals surface area contributed by atoms with E-state index in [0.29, 0.717) is 5.69 Å². The normalized spacial score (nSPS) is 11.6. The van der Waals surface area contributed by atoms with Crippen molar-refractivity contribution in [3.8, 4) is 5.69 Å². The minimum Gasteiger partial charge on any atom is -0.265 e. The lowest BCUT2D eigenvalue weighted by Crippen LogP contribution is -2.27. The molecule has 2 heterocycles. The van der Waals surface area contributed by atoms with Gasteiger partial charge in [-0.15, -0.1) is 0 Å². The molecule has 0 aliphatic heterocycles. The summed E-state index contributed by atoms with van der Waals surface area (Å²) >= 11 is 0. The first kappa shape index (κ1) is 13.5. The maximum Gasteiger partial charge on any atom is 0.350 e. The Hall–Kier alpha value is -1.96. The van der Waals surface area contributed by atoms with Crippen LogP contribution in [0.15, 0.2) is 35.6 Å². The van der Waals surface area contributed by atoms with E-state index in [0.717, 1.165) is 4.68 Å². The average Bonchev–Trinajstić information content (AvgIpc) is 2.79. The number of aromatic nitrogens is 4. The van der Waals surface area contributed by atoms with Crippen LogP contribution in [-0.2, 0) is 16.4 Å². The van der Waals surface area contributed by atoms with E-state index in [1.54, 1.807) is 31.5 Å². The molecule has 0 aromatic carbocycles. The van der Waals surface area contributed by atoms with Crippen molar-refractivity contribution in [2.75, 3.05) is 11.5 Å². The zero-order chi connectivity index (χ0) is 13.9. The SMILES string of the molecule is CCS(=O)(=O)CCn1ncn(-c2ccncc2)c1=O. The minimum atomic E-state index is -3.11. The van der Waals surface area contributed by atoms with Crippen LogP contribution in [0.5, 0.6) is 0 Å². The first-order valence-corrected chi connectivity index (χ1v) is 7.61. The number of hydrogen-bond acceptors (Lipinski definition) is 5. The summed E-state index contributed by atoms with van der Waals surface area (Å²) in [5.74, 6) is -0.0242. The van der Waals surface area contributed by atoms with E-state index in [-0.39, 0.29) is 23.7 Å². The Balaban J connectivity index is 2.23. The van der Waals surface area contributed by atoms with Gasteiger partial charge in [-0.3, -0.25) is 4.98 Å². The van der Waals surface area contributed by atoms with Crippen LogP contribution >= 0.6 is 0 Å². The molecule has 8 heteroatoms. The van der Waals surface area contributed by atoms with Crippen LogP contribution in [0, 0.1) is 0 Å². The first-order chi connectivity index (χ1) is 9.03. The lowest BCUT2D eigenvalue weighted by atomic mass is 10.4. The smallest absolute Gasteiger partial charge is 0.265 e. The summed E-state index contributed by atoms with van der Waals surface area (Å²) in [6.07, 6.45) is 4.51. The molecule has 0 aliphatic carbocycles. The van der Waals surface area contributed by atoms with Crippen LogP contribution in [0.4, 0.5) is 0 Å². The molecule has 0 atom stereocenters. The maximum atomic E-state index is 12.0. The Morgan fingerprint density at radius 2 is 1.95 bits per heavy atom. The zero-order valence-electron chi connectivity index (χ0n) is 10.4. The van der Waals surface area contributed by atoms with Gasteiger partial charge >= 0.3 is 5.69 Å². The molecule has 7 nitrogen and oxygen atoms in total. The Kier molecular flexibility index (Phi) is 3.79. The van der Waals surface area contributed by atoms with Crippen molar-refractivity contribution >= 4 is 9.84 Å². The molecule has 0 saturated carbocycles. The van der Waals surface area contributed by atoms with Crippen molar-refractivity contribution in [2.24, 2.45) is 0 Å². The number of rotatable bonds is 5. The number of hydrogen-bond donors (Lipinski definition) is 0. The highest BCUT2D eigenvalue weighted by molar-refractivity contribution is 7.91. The Labute approximate surface area is 110 Å². The average molecular weight is 282 g/mol. The third-order valence-electron chi connectivity index (χ3n) is 2.73. The fraction of sp³-hybridized carbons (Fsp3) is 0.364. The summed E-state index contributed by atoms with van der Waals surface area (Å²) in [6.45, 7) is 1.64. The summed E-state index contributed by atoms with van der Waals surface area (Å²) in [6, 6.07) is 3.35. The van der Waals surface area contributed by atoms with E-state index >= 15 is 0 Å². The second-order valence-corrected chi connectivity index (χ2v) is 6.42. The molecule has 0 radical (unpaired) electrons. The van der Waals surface area contributed by atoms with Crippen LogP contribution < -0.4 is 5.69 Å². The molecular formula is C11H14N4O3S. The molecule has 0 bridgehead atoms. The van der Waals surface area contributed by atoms with Crippen molar-refractivity contribution in [3.63, 3.8) is 0 Å². The first-order valence-electron chi connectivity index (χ1n) is 5.79. The highest BCUT2D eigenvalue weighted by Gasteiger charge is 2.11. The monoisotopic (exact) mass is 282 g/mol. The predicted octanol–water partition coefficient (Wildman–Crippen LogP) is -0.136. The maximum absolute atomic E-state index is 12.0. The van der Waals surface area contributed by atoms with E-state index < -0.39 is 9.84 Å². The lowest BCUT2D eigenvalue weighted by Gasteiger charge is -2.01. The molecule has 0 unspecified atom stereocenters.